The van der Waals surface area contributed by atoms with E-state index >= 15 is 0 Å². The lowest BCUT2D eigenvalue weighted by Gasteiger charge is -2.26. The Bertz CT molecular complexity index is 891. The van der Waals surface area contributed by atoms with E-state index in [1.807, 2.05) is 54.3 Å². The molecule has 128 valence electrons. The van der Waals surface area contributed by atoms with Crippen molar-refractivity contribution in [1.29, 1.82) is 0 Å². The number of nitrogens with zero attached hydrogens (tertiary/aromatic N) is 1. The van der Waals surface area contributed by atoms with E-state index in [1.165, 1.54) is 0 Å². The van der Waals surface area contributed by atoms with Gasteiger partial charge in [0.2, 0.25) is 5.88 Å². The van der Waals surface area contributed by atoms with Gasteiger partial charge >= 0.3 is 0 Å². The Morgan fingerprint density at radius 2 is 1.72 bits per heavy atom. The molecule has 0 fully saturated rings. The van der Waals surface area contributed by atoms with Crippen LogP contribution in [0.15, 0.2) is 53.1 Å². The summed E-state index contributed by atoms with van der Waals surface area (Å²) in [5.41, 5.74) is 3.86. The van der Waals surface area contributed by atoms with Gasteiger partial charge in [0.15, 0.2) is 5.75 Å². The molecular formula is C20H19NO4. The molecule has 0 saturated carbocycles. The van der Waals surface area contributed by atoms with Crippen molar-refractivity contribution >= 4 is 17.3 Å². The maximum atomic E-state index is 5.92. The van der Waals surface area contributed by atoms with Crippen molar-refractivity contribution in [2.75, 3.05) is 19.1 Å². The van der Waals surface area contributed by atoms with Crippen molar-refractivity contribution in [2.24, 2.45) is 0 Å². The average molecular weight is 337 g/mol. The number of aryl methyl sites for hydroxylation is 1. The van der Waals surface area contributed by atoms with E-state index in [4.69, 9.17) is 18.6 Å². The number of methoxy groups -OCH3 is 2. The zero-order valence-electron chi connectivity index (χ0n) is 14.4. The third kappa shape index (κ3) is 2.48. The van der Waals surface area contributed by atoms with Crippen LogP contribution < -0.4 is 19.1 Å². The minimum absolute atomic E-state index is 0.468. The van der Waals surface area contributed by atoms with Crippen LogP contribution in [0.25, 0.3) is 0 Å². The molecule has 5 heteroatoms. The highest BCUT2D eigenvalue weighted by molar-refractivity contribution is 5.86. The molecule has 0 atom stereocenters. The molecule has 4 rings (SSSR count). The molecular weight excluding hydrogens is 318 g/mol. The Morgan fingerprint density at radius 3 is 2.44 bits per heavy atom. The number of fused-ring (bicyclic) bond motifs is 2. The lowest BCUT2D eigenvalue weighted by Crippen LogP contribution is -2.13. The van der Waals surface area contributed by atoms with Gasteiger partial charge in [0, 0.05) is 11.6 Å². The molecule has 0 amide bonds. The van der Waals surface area contributed by atoms with Crippen molar-refractivity contribution in [3.05, 3.63) is 59.9 Å². The number of benzene rings is 2. The van der Waals surface area contributed by atoms with Crippen molar-refractivity contribution in [2.45, 2.75) is 13.5 Å². The molecule has 0 saturated heterocycles. The zero-order valence-corrected chi connectivity index (χ0v) is 14.4. The second-order valence-corrected chi connectivity index (χ2v) is 5.86. The second kappa shape index (κ2) is 6.09. The zero-order chi connectivity index (χ0) is 17.4. The minimum atomic E-state index is 0.468. The quantitative estimate of drug-likeness (QED) is 0.675. The molecule has 0 aliphatic carbocycles. The molecule has 0 spiro atoms. The Kier molecular flexibility index (Phi) is 3.76. The summed E-state index contributed by atoms with van der Waals surface area (Å²) in [6, 6.07) is 13.9. The van der Waals surface area contributed by atoms with Gasteiger partial charge < -0.3 is 18.6 Å². The highest BCUT2D eigenvalue weighted by Gasteiger charge is 2.30. The number of furan rings is 1. The SMILES string of the molecule is COc1cc(C)cc(OC)c1N1c2ccccc2COc2ccoc21. The molecule has 3 aromatic rings. The largest absolute Gasteiger partial charge is 0.494 e. The van der Waals surface area contributed by atoms with E-state index in [0.717, 1.165) is 22.5 Å². The maximum absolute atomic E-state index is 5.92. The number of hydrogen-bond donors (Lipinski definition) is 0. The summed E-state index contributed by atoms with van der Waals surface area (Å²) < 4.78 is 23.0. The molecule has 2 aromatic carbocycles. The van der Waals surface area contributed by atoms with Gasteiger partial charge in [0.05, 0.1) is 26.2 Å². The highest BCUT2D eigenvalue weighted by atomic mass is 16.5. The summed E-state index contributed by atoms with van der Waals surface area (Å²) in [6.07, 6.45) is 1.62. The van der Waals surface area contributed by atoms with Crippen LogP contribution in [-0.4, -0.2) is 14.2 Å². The lowest BCUT2D eigenvalue weighted by molar-refractivity contribution is 0.308. The summed E-state index contributed by atoms with van der Waals surface area (Å²) in [4.78, 5) is 1.99. The van der Waals surface area contributed by atoms with Crippen LogP contribution in [0, 0.1) is 6.92 Å². The summed E-state index contributed by atoms with van der Waals surface area (Å²) in [7, 11) is 3.31. The molecule has 25 heavy (non-hydrogen) atoms. The first-order valence-corrected chi connectivity index (χ1v) is 8.04. The molecule has 0 N–H and O–H groups in total. The normalized spacial score (nSPS) is 12.7. The summed E-state index contributed by atoms with van der Waals surface area (Å²) in [6.45, 7) is 2.47. The fourth-order valence-corrected chi connectivity index (χ4v) is 3.15. The Labute approximate surface area is 146 Å². The van der Waals surface area contributed by atoms with Gasteiger partial charge in [-0.3, -0.25) is 4.90 Å². The first-order chi connectivity index (χ1) is 12.2. The van der Waals surface area contributed by atoms with Gasteiger partial charge in [-0.05, 0) is 30.7 Å². The van der Waals surface area contributed by atoms with Crippen LogP contribution in [-0.2, 0) is 6.61 Å². The van der Waals surface area contributed by atoms with Crippen molar-refractivity contribution in [3.8, 4) is 17.2 Å². The molecule has 0 radical (unpaired) electrons. The summed E-state index contributed by atoms with van der Waals surface area (Å²) >= 11 is 0. The Hall–Kier alpha value is -3.08. The predicted octanol–water partition coefficient (Wildman–Crippen LogP) is 4.97. The van der Waals surface area contributed by atoms with Gasteiger partial charge in [0.1, 0.15) is 23.8 Å². The number of anilines is 3. The van der Waals surface area contributed by atoms with Gasteiger partial charge in [-0.1, -0.05) is 18.2 Å². The van der Waals surface area contributed by atoms with E-state index in [1.54, 1.807) is 20.5 Å². The minimum Gasteiger partial charge on any atom is -0.494 e. The molecule has 0 bridgehead atoms. The number of para-hydroxylation sites is 1. The topological polar surface area (TPSA) is 44.1 Å². The van der Waals surface area contributed by atoms with E-state index < -0.39 is 0 Å². The van der Waals surface area contributed by atoms with E-state index in [2.05, 4.69) is 0 Å². The first-order valence-electron chi connectivity index (χ1n) is 8.04. The predicted molar refractivity (Wildman–Crippen MR) is 95.6 cm³/mol. The van der Waals surface area contributed by atoms with Crippen LogP contribution >= 0.6 is 0 Å². The number of hydrogen-bond acceptors (Lipinski definition) is 5. The highest BCUT2D eigenvalue weighted by Crippen LogP contribution is 2.51. The summed E-state index contributed by atoms with van der Waals surface area (Å²) in [5, 5.41) is 0. The van der Waals surface area contributed by atoms with Crippen molar-refractivity contribution < 1.29 is 18.6 Å². The smallest absolute Gasteiger partial charge is 0.247 e. The summed E-state index contributed by atoms with van der Waals surface area (Å²) in [5.74, 6) is 2.69. The first kappa shape index (κ1) is 15.4. The molecule has 0 unspecified atom stereocenters. The lowest BCUT2D eigenvalue weighted by atomic mass is 10.1. The fourth-order valence-electron chi connectivity index (χ4n) is 3.15. The van der Waals surface area contributed by atoms with Gasteiger partial charge in [0.25, 0.3) is 0 Å². The second-order valence-electron chi connectivity index (χ2n) is 5.86. The van der Waals surface area contributed by atoms with Crippen LogP contribution in [0.1, 0.15) is 11.1 Å². The fraction of sp³-hybridized carbons (Fsp3) is 0.200. The maximum Gasteiger partial charge on any atom is 0.247 e. The van der Waals surface area contributed by atoms with E-state index in [9.17, 15) is 0 Å². The average Bonchev–Trinajstić information content (AvgIpc) is 3.04. The Balaban J connectivity index is 2.04. The number of rotatable bonds is 3. The molecule has 1 aliphatic rings. The molecule has 1 aliphatic heterocycles. The monoisotopic (exact) mass is 337 g/mol. The third-order valence-corrected chi connectivity index (χ3v) is 4.28. The standard InChI is InChI=1S/C20H19NO4/c1-13-10-17(22-2)19(18(11-13)23-3)21-15-7-5-4-6-14(15)12-25-16-8-9-24-20(16)21/h4-11H,12H2,1-3H3. The molecule has 5 nitrogen and oxygen atoms in total. The van der Waals surface area contributed by atoms with Crippen molar-refractivity contribution in [1.82, 2.24) is 0 Å². The van der Waals surface area contributed by atoms with Crippen LogP contribution in [0.4, 0.5) is 17.3 Å². The molecule has 1 aromatic heterocycles. The third-order valence-electron chi connectivity index (χ3n) is 4.28. The van der Waals surface area contributed by atoms with E-state index in [0.29, 0.717) is 29.7 Å². The van der Waals surface area contributed by atoms with Crippen LogP contribution in [0.5, 0.6) is 17.2 Å². The van der Waals surface area contributed by atoms with Gasteiger partial charge in [-0.25, -0.2) is 0 Å². The van der Waals surface area contributed by atoms with Crippen molar-refractivity contribution in [3.63, 3.8) is 0 Å². The van der Waals surface area contributed by atoms with Crippen LogP contribution in [0.2, 0.25) is 0 Å². The number of ether oxygens (including phenoxy) is 3. The van der Waals surface area contributed by atoms with E-state index in [-0.39, 0.29) is 0 Å². The van der Waals surface area contributed by atoms with Crippen LogP contribution in [0.3, 0.4) is 0 Å². The van der Waals surface area contributed by atoms with Gasteiger partial charge in [-0.2, -0.15) is 0 Å². The Morgan fingerprint density at radius 1 is 1.00 bits per heavy atom. The molecule has 2 heterocycles. The van der Waals surface area contributed by atoms with Gasteiger partial charge in [-0.15, -0.1) is 0 Å².